The van der Waals surface area contributed by atoms with Gasteiger partial charge in [0.1, 0.15) is 5.82 Å². The lowest BCUT2D eigenvalue weighted by Crippen LogP contribution is -2.15. The minimum absolute atomic E-state index is 0.0327. The molecule has 0 spiro atoms. The molecule has 19 heavy (non-hydrogen) atoms. The Hall–Kier alpha value is -1.02. The van der Waals surface area contributed by atoms with Crippen LogP contribution in [0.3, 0.4) is 0 Å². The van der Waals surface area contributed by atoms with Crippen molar-refractivity contribution in [2.24, 2.45) is 0 Å². The predicted octanol–water partition coefficient (Wildman–Crippen LogP) is 5.15. The van der Waals surface area contributed by atoms with Gasteiger partial charge in [-0.2, -0.15) is 0 Å². The van der Waals surface area contributed by atoms with E-state index in [1.807, 2.05) is 6.92 Å². The first kappa shape index (κ1) is 13.0. The van der Waals surface area contributed by atoms with Crippen molar-refractivity contribution >= 4 is 22.6 Å². The molecule has 1 aliphatic carbocycles. The second-order valence-corrected chi connectivity index (χ2v) is 6.39. The van der Waals surface area contributed by atoms with Gasteiger partial charge >= 0.3 is 0 Å². The summed E-state index contributed by atoms with van der Waals surface area (Å²) < 4.78 is 2.41. The molecule has 3 heteroatoms. The van der Waals surface area contributed by atoms with E-state index in [0.717, 1.165) is 11.3 Å². The van der Waals surface area contributed by atoms with Gasteiger partial charge in [-0.15, -0.1) is 11.6 Å². The first-order valence-corrected chi connectivity index (χ1v) is 7.73. The molecule has 0 N–H and O–H groups in total. The van der Waals surface area contributed by atoms with Gasteiger partial charge in [0, 0.05) is 6.04 Å². The smallest absolute Gasteiger partial charge is 0.127 e. The van der Waals surface area contributed by atoms with Crippen molar-refractivity contribution in [2.45, 2.75) is 57.4 Å². The minimum atomic E-state index is -0.0327. The highest BCUT2D eigenvalue weighted by Crippen LogP contribution is 2.35. The molecule has 102 valence electrons. The molecule has 3 rings (SSSR count). The number of fused-ring (bicyclic) bond motifs is 1. The summed E-state index contributed by atoms with van der Waals surface area (Å²) in [7, 11) is 0. The van der Waals surface area contributed by atoms with E-state index in [0.29, 0.717) is 6.04 Å². The zero-order chi connectivity index (χ0) is 13.4. The van der Waals surface area contributed by atoms with Crippen LogP contribution in [0, 0.1) is 6.92 Å². The number of alkyl halides is 1. The van der Waals surface area contributed by atoms with Gasteiger partial charge in [0.25, 0.3) is 0 Å². The molecule has 1 aliphatic rings. The molecule has 1 atom stereocenters. The summed E-state index contributed by atoms with van der Waals surface area (Å²) in [6.45, 7) is 4.14. The van der Waals surface area contributed by atoms with Crippen molar-refractivity contribution in [1.82, 2.24) is 9.55 Å². The lowest BCUT2D eigenvalue weighted by Gasteiger charge is -2.26. The third-order valence-electron chi connectivity index (χ3n) is 4.17. The van der Waals surface area contributed by atoms with Crippen LogP contribution in [0.4, 0.5) is 0 Å². The Kier molecular flexibility index (Phi) is 3.53. The molecular formula is C16H21ClN2. The fourth-order valence-corrected chi connectivity index (χ4v) is 3.38. The molecule has 1 saturated carbocycles. The van der Waals surface area contributed by atoms with Crippen molar-refractivity contribution in [3.63, 3.8) is 0 Å². The van der Waals surface area contributed by atoms with Crippen LogP contribution in [0.25, 0.3) is 11.0 Å². The fraction of sp³-hybridized carbons (Fsp3) is 0.562. The first-order valence-electron chi connectivity index (χ1n) is 7.29. The molecular weight excluding hydrogens is 256 g/mol. The molecule has 0 bridgehead atoms. The monoisotopic (exact) mass is 276 g/mol. The third-order valence-corrected chi connectivity index (χ3v) is 4.36. The number of rotatable bonds is 2. The number of benzene rings is 1. The SMILES string of the molecule is Cc1ccc2c(c1)nc(C(C)Cl)n2C1CCCCC1. The summed E-state index contributed by atoms with van der Waals surface area (Å²) in [4.78, 5) is 4.78. The zero-order valence-electron chi connectivity index (χ0n) is 11.7. The molecule has 1 aromatic carbocycles. The normalized spacial score (nSPS) is 18.9. The predicted molar refractivity (Wildman–Crippen MR) is 80.9 cm³/mol. The molecule has 0 aliphatic heterocycles. The molecule has 1 unspecified atom stereocenters. The van der Waals surface area contributed by atoms with Crippen LogP contribution >= 0.6 is 11.6 Å². The van der Waals surface area contributed by atoms with E-state index in [2.05, 4.69) is 29.7 Å². The number of hydrogen-bond acceptors (Lipinski definition) is 1. The Balaban J connectivity index is 2.15. The minimum Gasteiger partial charge on any atom is -0.324 e. The van der Waals surface area contributed by atoms with Gasteiger partial charge in [0.2, 0.25) is 0 Å². The van der Waals surface area contributed by atoms with Crippen LogP contribution in [-0.2, 0) is 0 Å². The maximum atomic E-state index is 6.36. The van der Waals surface area contributed by atoms with Gasteiger partial charge in [-0.05, 0) is 44.4 Å². The van der Waals surface area contributed by atoms with Gasteiger partial charge in [0.05, 0.1) is 16.4 Å². The topological polar surface area (TPSA) is 17.8 Å². The fourth-order valence-electron chi connectivity index (χ4n) is 3.23. The Bertz CT molecular complexity index is 580. The van der Waals surface area contributed by atoms with Crippen LogP contribution < -0.4 is 0 Å². The summed E-state index contributed by atoms with van der Waals surface area (Å²) in [5, 5.41) is -0.0327. The van der Waals surface area contributed by atoms with E-state index in [-0.39, 0.29) is 5.38 Å². The lowest BCUT2D eigenvalue weighted by atomic mass is 9.95. The van der Waals surface area contributed by atoms with E-state index < -0.39 is 0 Å². The van der Waals surface area contributed by atoms with Gasteiger partial charge in [-0.25, -0.2) is 4.98 Å². The van der Waals surface area contributed by atoms with Crippen LogP contribution in [0.5, 0.6) is 0 Å². The standard InChI is InChI=1S/C16H21ClN2/c1-11-8-9-15-14(10-11)18-16(12(2)17)19(15)13-6-4-3-5-7-13/h8-10,12-13H,3-7H2,1-2H3. The highest BCUT2D eigenvalue weighted by molar-refractivity contribution is 6.20. The summed E-state index contributed by atoms with van der Waals surface area (Å²) in [6.07, 6.45) is 6.54. The Morgan fingerprint density at radius 3 is 2.68 bits per heavy atom. The largest absolute Gasteiger partial charge is 0.324 e. The maximum absolute atomic E-state index is 6.36. The van der Waals surface area contributed by atoms with Crippen LogP contribution in [-0.4, -0.2) is 9.55 Å². The van der Waals surface area contributed by atoms with E-state index in [1.165, 1.54) is 43.2 Å². The molecule has 0 amide bonds. The second-order valence-electron chi connectivity index (χ2n) is 5.74. The number of nitrogens with zero attached hydrogens (tertiary/aromatic N) is 2. The van der Waals surface area contributed by atoms with Crippen LogP contribution in [0.2, 0.25) is 0 Å². The average molecular weight is 277 g/mol. The van der Waals surface area contributed by atoms with Crippen molar-refractivity contribution in [3.05, 3.63) is 29.6 Å². The van der Waals surface area contributed by atoms with Gasteiger partial charge in [0.15, 0.2) is 0 Å². The first-order chi connectivity index (χ1) is 9.16. The number of aryl methyl sites for hydroxylation is 1. The van der Waals surface area contributed by atoms with Crippen molar-refractivity contribution in [3.8, 4) is 0 Å². The summed E-state index contributed by atoms with van der Waals surface area (Å²) in [5.74, 6) is 1.04. The molecule has 0 radical (unpaired) electrons. The summed E-state index contributed by atoms with van der Waals surface area (Å²) >= 11 is 6.36. The van der Waals surface area contributed by atoms with Crippen molar-refractivity contribution < 1.29 is 0 Å². The van der Waals surface area contributed by atoms with Crippen LogP contribution in [0.1, 0.15) is 61.8 Å². The van der Waals surface area contributed by atoms with E-state index in [1.54, 1.807) is 0 Å². The van der Waals surface area contributed by atoms with E-state index in [9.17, 15) is 0 Å². The number of aromatic nitrogens is 2. The third kappa shape index (κ3) is 2.38. The Morgan fingerprint density at radius 1 is 1.26 bits per heavy atom. The van der Waals surface area contributed by atoms with Crippen molar-refractivity contribution in [1.29, 1.82) is 0 Å². The summed E-state index contributed by atoms with van der Waals surface area (Å²) in [5.41, 5.74) is 3.60. The second kappa shape index (κ2) is 5.16. The highest BCUT2D eigenvalue weighted by Gasteiger charge is 2.23. The quantitative estimate of drug-likeness (QED) is 0.694. The molecule has 1 aromatic heterocycles. The van der Waals surface area contributed by atoms with Gasteiger partial charge in [-0.3, -0.25) is 0 Å². The zero-order valence-corrected chi connectivity index (χ0v) is 12.5. The Morgan fingerprint density at radius 2 is 2.00 bits per heavy atom. The van der Waals surface area contributed by atoms with E-state index >= 15 is 0 Å². The van der Waals surface area contributed by atoms with Crippen LogP contribution in [0.15, 0.2) is 18.2 Å². The number of halogens is 1. The molecule has 0 saturated heterocycles. The molecule has 2 aromatic rings. The molecule has 2 nitrogen and oxygen atoms in total. The summed E-state index contributed by atoms with van der Waals surface area (Å²) in [6, 6.07) is 7.12. The average Bonchev–Trinajstić information content (AvgIpc) is 2.78. The maximum Gasteiger partial charge on any atom is 0.127 e. The van der Waals surface area contributed by atoms with Gasteiger partial charge < -0.3 is 4.57 Å². The molecule has 1 heterocycles. The number of imidazole rings is 1. The Labute approximate surface area is 119 Å². The lowest BCUT2D eigenvalue weighted by molar-refractivity contribution is 0.352. The van der Waals surface area contributed by atoms with E-state index in [4.69, 9.17) is 16.6 Å². The van der Waals surface area contributed by atoms with Gasteiger partial charge in [-0.1, -0.05) is 25.3 Å². The number of hydrogen-bond donors (Lipinski definition) is 0. The molecule has 1 fully saturated rings. The van der Waals surface area contributed by atoms with Crippen molar-refractivity contribution in [2.75, 3.05) is 0 Å². The highest BCUT2D eigenvalue weighted by atomic mass is 35.5.